The maximum Gasteiger partial charge on any atom is 0.302 e. The van der Waals surface area contributed by atoms with E-state index >= 15 is 0 Å². The fourth-order valence-corrected chi connectivity index (χ4v) is 3.68. The van der Waals surface area contributed by atoms with E-state index < -0.39 is 5.91 Å². The Morgan fingerprint density at radius 1 is 1.06 bits per heavy atom. The number of rotatable bonds is 6. The van der Waals surface area contributed by atoms with Gasteiger partial charge in [0, 0.05) is 17.3 Å². The van der Waals surface area contributed by atoms with E-state index in [0.29, 0.717) is 23.9 Å². The van der Waals surface area contributed by atoms with Crippen LogP contribution in [-0.2, 0) is 11.3 Å². The number of carbonyl (C=O) groups is 1. The molecule has 0 aliphatic carbocycles. The van der Waals surface area contributed by atoms with Crippen LogP contribution < -0.4 is 4.74 Å². The molecular weight excluding hydrogens is 390 g/mol. The van der Waals surface area contributed by atoms with Crippen LogP contribution in [-0.4, -0.2) is 22.2 Å². The molecule has 0 radical (unpaired) electrons. The maximum absolute atomic E-state index is 12.4. The molecule has 0 saturated carbocycles. The van der Waals surface area contributed by atoms with Gasteiger partial charge in [-0.15, -0.1) is 10.2 Å². The molecular formula is C25H25N3O3. The summed E-state index contributed by atoms with van der Waals surface area (Å²) in [5.74, 6) is 0.447. The molecule has 0 saturated heterocycles. The standard InChI is InChI=1S/C25H25N3O3/c1-16(2)14-28-21-12-11-17(3)13-20(21)24(25(28)30)27-26-23(29)15-31-22-10-6-8-18-7-4-5-9-19(18)22/h4-13,16,30H,14-15H2,1-3H3. The van der Waals surface area contributed by atoms with Crippen molar-refractivity contribution in [3.8, 4) is 11.6 Å². The van der Waals surface area contributed by atoms with Gasteiger partial charge in [0.25, 0.3) is 0 Å². The second kappa shape index (κ2) is 8.60. The van der Waals surface area contributed by atoms with Crippen molar-refractivity contribution in [2.45, 2.75) is 27.3 Å². The van der Waals surface area contributed by atoms with E-state index in [2.05, 4.69) is 24.1 Å². The molecule has 31 heavy (non-hydrogen) atoms. The molecule has 0 atom stereocenters. The van der Waals surface area contributed by atoms with Crippen LogP contribution in [0.5, 0.6) is 11.6 Å². The molecule has 1 N–H and O–H groups in total. The highest BCUT2D eigenvalue weighted by molar-refractivity contribution is 5.96. The first kappa shape index (κ1) is 20.6. The van der Waals surface area contributed by atoms with E-state index in [-0.39, 0.29) is 12.5 Å². The summed E-state index contributed by atoms with van der Waals surface area (Å²) in [4.78, 5) is 12.4. The number of ether oxygens (including phenoxy) is 1. The van der Waals surface area contributed by atoms with Gasteiger partial charge >= 0.3 is 5.91 Å². The van der Waals surface area contributed by atoms with Crippen LogP contribution in [0.15, 0.2) is 70.9 Å². The van der Waals surface area contributed by atoms with E-state index in [4.69, 9.17) is 4.74 Å². The molecule has 4 rings (SSSR count). The van der Waals surface area contributed by atoms with Crippen molar-refractivity contribution in [3.05, 3.63) is 66.2 Å². The van der Waals surface area contributed by atoms with Crippen LogP contribution in [0.25, 0.3) is 21.7 Å². The lowest BCUT2D eigenvalue weighted by Gasteiger charge is -2.09. The van der Waals surface area contributed by atoms with Gasteiger partial charge in [-0.25, -0.2) is 0 Å². The van der Waals surface area contributed by atoms with Crippen molar-refractivity contribution >= 4 is 33.3 Å². The van der Waals surface area contributed by atoms with Gasteiger partial charge < -0.3 is 14.4 Å². The van der Waals surface area contributed by atoms with Gasteiger partial charge in [-0.2, -0.15) is 0 Å². The number of fused-ring (bicyclic) bond motifs is 2. The first-order valence-electron chi connectivity index (χ1n) is 10.3. The highest BCUT2D eigenvalue weighted by Gasteiger charge is 2.18. The topological polar surface area (TPSA) is 76.2 Å². The number of nitrogens with zero attached hydrogens (tertiary/aromatic N) is 3. The Hall–Kier alpha value is -3.67. The van der Waals surface area contributed by atoms with E-state index in [0.717, 1.165) is 27.2 Å². The fourth-order valence-electron chi connectivity index (χ4n) is 3.68. The smallest absolute Gasteiger partial charge is 0.302 e. The summed E-state index contributed by atoms with van der Waals surface area (Å²) in [6.07, 6.45) is 0. The lowest BCUT2D eigenvalue weighted by molar-refractivity contribution is -0.120. The van der Waals surface area contributed by atoms with Crippen LogP contribution in [0.2, 0.25) is 0 Å². The molecule has 0 bridgehead atoms. The van der Waals surface area contributed by atoms with Gasteiger partial charge in [0.2, 0.25) is 5.88 Å². The zero-order valence-electron chi connectivity index (χ0n) is 17.9. The molecule has 6 heteroatoms. The fraction of sp³-hybridized carbons (Fsp3) is 0.240. The van der Waals surface area contributed by atoms with Gasteiger partial charge in [-0.05, 0) is 36.4 Å². The first-order valence-corrected chi connectivity index (χ1v) is 10.3. The minimum Gasteiger partial charge on any atom is -0.493 e. The molecule has 6 nitrogen and oxygen atoms in total. The third-order valence-corrected chi connectivity index (χ3v) is 5.08. The molecule has 1 heterocycles. The summed E-state index contributed by atoms with van der Waals surface area (Å²) in [6, 6.07) is 19.4. The number of carbonyl (C=O) groups excluding carboxylic acids is 1. The van der Waals surface area contributed by atoms with Crippen molar-refractivity contribution in [2.75, 3.05) is 6.61 Å². The number of benzene rings is 3. The second-order valence-corrected chi connectivity index (χ2v) is 8.06. The Morgan fingerprint density at radius 2 is 1.84 bits per heavy atom. The van der Waals surface area contributed by atoms with Gasteiger partial charge in [0.1, 0.15) is 5.75 Å². The summed E-state index contributed by atoms with van der Waals surface area (Å²) in [5, 5.41) is 21.4. The number of aromatic hydroxyl groups is 1. The average molecular weight is 415 g/mol. The normalized spacial score (nSPS) is 11.7. The van der Waals surface area contributed by atoms with Crippen molar-refractivity contribution < 1.29 is 14.6 Å². The largest absolute Gasteiger partial charge is 0.493 e. The summed E-state index contributed by atoms with van der Waals surface area (Å²) in [7, 11) is 0. The van der Waals surface area contributed by atoms with Gasteiger partial charge in [0.15, 0.2) is 12.3 Å². The third-order valence-electron chi connectivity index (χ3n) is 5.08. The number of aryl methyl sites for hydroxylation is 1. The average Bonchev–Trinajstić information content (AvgIpc) is 3.00. The molecule has 158 valence electrons. The minimum absolute atomic E-state index is 0.0146. The first-order chi connectivity index (χ1) is 14.9. The highest BCUT2D eigenvalue weighted by atomic mass is 16.5. The number of hydrogen-bond acceptors (Lipinski definition) is 4. The molecule has 3 aromatic carbocycles. The van der Waals surface area contributed by atoms with Crippen molar-refractivity contribution in [1.29, 1.82) is 0 Å². The Labute approximate surface area is 180 Å². The predicted octanol–water partition coefficient (Wildman–Crippen LogP) is 6.15. The van der Waals surface area contributed by atoms with E-state index in [1.54, 1.807) is 0 Å². The quantitative estimate of drug-likeness (QED) is 0.384. The second-order valence-electron chi connectivity index (χ2n) is 8.06. The zero-order valence-corrected chi connectivity index (χ0v) is 17.9. The van der Waals surface area contributed by atoms with Crippen LogP contribution in [0.3, 0.4) is 0 Å². The highest BCUT2D eigenvalue weighted by Crippen LogP contribution is 2.39. The lowest BCUT2D eigenvalue weighted by Crippen LogP contribution is -2.08. The Balaban J connectivity index is 1.57. The van der Waals surface area contributed by atoms with Crippen LogP contribution >= 0.6 is 0 Å². The molecule has 0 aliphatic heterocycles. The lowest BCUT2D eigenvalue weighted by atomic mass is 10.1. The van der Waals surface area contributed by atoms with Crippen LogP contribution in [0, 0.1) is 12.8 Å². The molecule has 0 unspecified atom stereocenters. The molecule has 1 aromatic heterocycles. The van der Waals surface area contributed by atoms with Crippen molar-refractivity contribution in [1.82, 2.24) is 4.57 Å². The zero-order chi connectivity index (χ0) is 22.0. The van der Waals surface area contributed by atoms with Crippen molar-refractivity contribution in [2.24, 2.45) is 16.1 Å². The van der Waals surface area contributed by atoms with E-state index in [1.807, 2.05) is 72.2 Å². The SMILES string of the molecule is Cc1ccc2c(c1)c(N=NC(=O)COc1cccc3ccccc13)c(O)n2CC(C)C. The molecule has 1 amide bonds. The number of amides is 1. The number of hydrogen-bond donors (Lipinski definition) is 1. The maximum atomic E-state index is 12.4. The molecule has 0 spiro atoms. The Morgan fingerprint density at radius 3 is 2.65 bits per heavy atom. The summed E-state index contributed by atoms with van der Waals surface area (Å²) >= 11 is 0. The van der Waals surface area contributed by atoms with Crippen LogP contribution in [0.4, 0.5) is 5.69 Å². The third kappa shape index (κ3) is 4.28. The molecule has 0 fully saturated rings. The Bertz CT molecular complexity index is 1280. The molecule has 0 aliphatic rings. The molecule has 4 aromatic rings. The summed E-state index contributed by atoms with van der Waals surface area (Å²) in [6.45, 7) is 6.53. The monoisotopic (exact) mass is 415 g/mol. The van der Waals surface area contributed by atoms with E-state index in [1.165, 1.54) is 0 Å². The van der Waals surface area contributed by atoms with Gasteiger partial charge in [-0.1, -0.05) is 61.9 Å². The number of aromatic nitrogens is 1. The minimum atomic E-state index is -0.523. The number of azo groups is 1. The summed E-state index contributed by atoms with van der Waals surface area (Å²) in [5.41, 5.74) is 2.21. The van der Waals surface area contributed by atoms with Crippen molar-refractivity contribution in [3.63, 3.8) is 0 Å². The predicted molar refractivity (Wildman–Crippen MR) is 122 cm³/mol. The Kier molecular flexibility index (Phi) is 5.71. The summed E-state index contributed by atoms with van der Waals surface area (Å²) < 4.78 is 7.50. The van der Waals surface area contributed by atoms with Crippen LogP contribution in [0.1, 0.15) is 19.4 Å². The van der Waals surface area contributed by atoms with Gasteiger partial charge in [-0.3, -0.25) is 4.79 Å². The van der Waals surface area contributed by atoms with Gasteiger partial charge in [0.05, 0.1) is 5.52 Å². The van der Waals surface area contributed by atoms with E-state index in [9.17, 15) is 9.90 Å².